The number of benzene rings is 1. The van der Waals surface area contributed by atoms with Gasteiger partial charge in [-0.15, -0.1) is 0 Å². The van der Waals surface area contributed by atoms with Crippen molar-refractivity contribution < 1.29 is 19.1 Å². The molecule has 0 radical (unpaired) electrons. The van der Waals surface area contributed by atoms with Crippen LogP contribution in [0.3, 0.4) is 0 Å². The summed E-state index contributed by atoms with van der Waals surface area (Å²) < 4.78 is 10.6. The van der Waals surface area contributed by atoms with Gasteiger partial charge in [0.05, 0.1) is 0 Å². The van der Waals surface area contributed by atoms with Gasteiger partial charge in [0, 0.05) is 44.7 Å². The third-order valence-corrected chi connectivity index (χ3v) is 4.25. The number of carbonyl (C=O) groups excluding carboxylic acids is 2. The second-order valence-electron chi connectivity index (χ2n) is 6.06. The number of aromatic nitrogens is 1. The number of ether oxygens (including phenoxy) is 2. The van der Waals surface area contributed by atoms with Crippen LogP contribution in [-0.2, 0) is 16.0 Å². The molecule has 26 heavy (non-hydrogen) atoms. The summed E-state index contributed by atoms with van der Waals surface area (Å²) in [4.78, 5) is 31.7. The van der Waals surface area contributed by atoms with Crippen molar-refractivity contribution in [3.63, 3.8) is 0 Å². The predicted molar refractivity (Wildman–Crippen MR) is 96.2 cm³/mol. The Morgan fingerprint density at radius 2 is 1.85 bits per heavy atom. The summed E-state index contributed by atoms with van der Waals surface area (Å²) >= 11 is 0. The monoisotopic (exact) mass is 355 g/mol. The Morgan fingerprint density at radius 1 is 1.12 bits per heavy atom. The average molecular weight is 355 g/mol. The van der Waals surface area contributed by atoms with E-state index >= 15 is 0 Å². The highest BCUT2D eigenvalue weighted by atomic mass is 16.7. The second-order valence-corrected chi connectivity index (χ2v) is 6.06. The van der Waals surface area contributed by atoms with Crippen LogP contribution in [0.4, 0.5) is 5.69 Å². The summed E-state index contributed by atoms with van der Waals surface area (Å²) in [7, 11) is 1.74. The maximum absolute atomic E-state index is 12.5. The van der Waals surface area contributed by atoms with Gasteiger partial charge in [0.15, 0.2) is 11.5 Å². The molecule has 0 saturated carbocycles. The second kappa shape index (κ2) is 7.86. The highest BCUT2D eigenvalue weighted by Crippen LogP contribution is 2.35. The number of pyridine rings is 1. The fraction of sp³-hybridized carbons (Fsp3) is 0.316. The van der Waals surface area contributed by atoms with E-state index in [0.717, 1.165) is 12.0 Å². The summed E-state index contributed by atoms with van der Waals surface area (Å²) in [5.74, 6) is 0.872. The SMILES string of the molecule is CC(=O)N(CC(=O)N(C)CCc1ccncc1)c1ccc2c(c1)OCO2. The molecule has 0 N–H and O–H groups in total. The van der Waals surface area contributed by atoms with Gasteiger partial charge in [-0.1, -0.05) is 0 Å². The van der Waals surface area contributed by atoms with Gasteiger partial charge in [-0.05, 0) is 36.2 Å². The zero-order valence-electron chi connectivity index (χ0n) is 14.8. The lowest BCUT2D eigenvalue weighted by atomic mass is 10.2. The maximum atomic E-state index is 12.5. The Labute approximate surface area is 152 Å². The van der Waals surface area contributed by atoms with Crippen molar-refractivity contribution >= 4 is 17.5 Å². The molecule has 0 saturated heterocycles. The smallest absolute Gasteiger partial charge is 0.242 e. The molecule has 2 aromatic rings. The Balaban J connectivity index is 1.63. The molecule has 0 unspecified atom stereocenters. The molecular formula is C19H21N3O4. The molecule has 7 nitrogen and oxygen atoms in total. The van der Waals surface area contributed by atoms with Crippen molar-refractivity contribution in [1.29, 1.82) is 0 Å². The molecule has 0 spiro atoms. The van der Waals surface area contributed by atoms with Gasteiger partial charge < -0.3 is 19.3 Å². The lowest BCUT2D eigenvalue weighted by Crippen LogP contribution is -2.41. The van der Waals surface area contributed by atoms with Crippen molar-refractivity contribution in [2.24, 2.45) is 0 Å². The third-order valence-electron chi connectivity index (χ3n) is 4.25. The van der Waals surface area contributed by atoms with E-state index in [1.807, 2.05) is 12.1 Å². The summed E-state index contributed by atoms with van der Waals surface area (Å²) in [6.45, 7) is 2.14. The number of likely N-dealkylation sites (N-methyl/N-ethyl adjacent to an activating group) is 1. The van der Waals surface area contributed by atoms with E-state index in [9.17, 15) is 9.59 Å². The van der Waals surface area contributed by atoms with Gasteiger partial charge >= 0.3 is 0 Å². The maximum Gasteiger partial charge on any atom is 0.242 e. The minimum absolute atomic E-state index is 0.0260. The van der Waals surface area contributed by atoms with Crippen LogP contribution in [0.25, 0.3) is 0 Å². The predicted octanol–water partition coefficient (Wildman–Crippen LogP) is 1.86. The molecule has 7 heteroatoms. The molecule has 0 atom stereocenters. The molecule has 0 bridgehead atoms. The highest BCUT2D eigenvalue weighted by Gasteiger charge is 2.21. The molecule has 2 amide bonds. The van der Waals surface area contributed by atoms with Gasteiger partial charge in [-0.2, -0.15) is 0 Å². The van der Waals surface area contributed by atoms with Crippen molar-refractivity contribution in [3.8, 4) is 11.5 Å². The molecule has 0 aliphatic carbocycles. The number of fused-ring (bicyclic) bond motifs is 1. The van der Waals surface area contributed by atoms with E-state index < -0.39 is 0 Å². The van der Waals surface area contributed by atoms with Crippen LogP contribution in [0.15, 0.2) is 42.7 Å². The molecule has 2 heterocycles. The first-order valence-electron chi connectivity index (χ1n) is 8.35. The first-order chi connectivity index (χ1) is 12.5. The molecule has 3 rings (SSSR count). The van der Waals surface area contributed by atoms with Gasteiger partial charge in [-0.3, -0.25) is 14.6 Å². The van der Waals surface area contributed by atoms with Crippen LogP contribution in [0.2, 0.25) is 0 Å². The van der Waals surface area contributed by atoms with E-state index in [1.54, 1.807) is 42.5 Å². The number of hydrogen-bond donors (Lipinski definition) is 0. The zero-order valence-corrected chi connectivity index (χ0v) is 14.8. The quantitative estimate of drug-likeness (QED) is 0.791. The third kappa shape index (κ3) is 4.11. The van der Waals surface area contributed by atoms with Crippen molar-refractivity contribution in [1.82, 2.24) is 9.88 Å². The number of hydrogen-bond acceptors (Lipinski definition) is 5. The summed E-state index contributed by atoms with van der Waals surface area (Å²) in [6, 6.07) is 9.05. The molecule has 136 valence electrons. The number of carbonyl (C=O) groups is 2. The molecule has 0 fully saturated rings. The Hall–Kier alpha value is -3.09. The van der Waals surface area contributed by atoms with E-state index in [1.165, 1.54) is 11.8 Å². The van der Waals surface area contributed by atoms with Gasteiger partial charge in [0.2, 0.25) is 18.6 Å². The van der Waals surface area contributed by atoms with Crippen LogP contribution in [-0.4, -0.2) is 48.6 Å². The normalized spacial score (nSPS) is 11.9. The highest BCUT2D eigenvalue weighted by molar-refractivity contribution is 5.97. The summed E-state index contributed by atoms with van der Waals surface area (Å²) in [5.41, 5.74) is 1.72. The first-order valence-corrected chi connectivity index (χ1v) is 8.35. The van der Waals surface area contributed by atoms with Crippen LogP contribution in [0.5, 0.6) is 11.5 Å². The van der Waals surface area contributed by atoms with Crippen LogP contribution >= 0.6 is 0 Å². The van der Waals surface area contributed by atoms with Crippen molar-refractivity contribution in [2.75, 3.05) is 31.8 Å². The molecular weight excluding hydrogens is 334 g/mol. The molecule has 1 aromatic carbocycles. The van der Waals surface area contributed by atoms with Gasteiger partial charge in [-0.25, -0.2) is 0 Å². The minimum atomic E-state index is -0.209. The summed E-state index contributed by atoms with van der Waals surface area (Å²) in [5, 5.41) is 0. The fourth-order valence-electron chi connectivity index (χ4n) is 2.66. The van der Waals surface area contributed by atoms with E-state index in [-0.39, 0.29) is 25.2 Å². The van der Waals surface area contributed by atoms with Crippen LogP contribution < -0.4 is 14.4 Å². The zero-order chi connectivity index (χ0) is 18.5. The Bertz CT molecular complexity index is 795. The Kier molecular flexibility index (Phi) is 5.36. The minimum Gasteiger partial charge on any atom is -0.454 e. The van der Waals surface area contributed by atoms with Crippen molar-refractivity contribution in [2.45, 2.75) is 13.3 Å². The van der Waals surface area contributed by atoms with Gasteiger partial charge in [0.25, 0.3) is 0 Å². The topological polar surface area (TPSA) is 72.0 Å². The number of rotatable bonds is 6. The largest absolute Gasteiger partial charge is 0.454 e. The molecule has 1 aliphatic rings. The Morgan fingerprint density at radius 3 is 2.58 bits per heavy atom. The van der Waals surface area contributed by atoms with E-state index in [4.69, 9.17) is 9.47 Å². The van der Waals surface area contributed by atoms with Gasteiger partial charge in [0.1, 0.15) is 6.54 Å². The van der Waals surface area contributed by atoms with E-state index in [0.29, 0.717) is 23.7 Å². The molecule has 1 aromatic heterocycles. The van der Waals surface area contributed by atoms with Crippen LogP contribution in [0, 0.1) is 0 Å². The fourth-order valence-corrected chi connectivity index (χ4v) is 2.66. The standard InChI is InChI=1S/C19H21N3O4/c1-14(23)22(16-3-4-17-18(11-16)26-13-25-17)12-19(24)21(2)10-7-15-5-8-20-9-6-15/h3-6,8-9,11H,7,10,12-13H2,1-2H3. The lowest BCUT2D eigenvalue weighted by molar-refractivity contribution is -0.130. The van der Waals surface area contributed by atoms with Crippen molar-refractivity contribution in [3.05, 3.63) is 48.3 Å². The molecule has 1 aliphatic heterocycles. The first kappa shape index (κ1) is 17.7. The van der Waals surface area contributed by atoms with E-state index in [2.05, 4.69) is 4.98 Å². The average Bonchev–Trinajstić information content (AvgIpc) is 3.12. The number of anilines is 1. The lowest BCUT2D eigenvalue weighted by Gasteiger charge is -2.24. The number of nitrogens with zero attached hydrogens (tertiary/aromatic N) is 3. The van der Waals surface area contributed by atoms with Crippen LogP contribution in [0.1, 0.15) is 12.5 Å². The number of amides is 2. The summed E-state index contributed by atoms with van der Waals surface area (Å²) in [6.07, 6.45) is 4.19.